The lowest BCUT2D eigenvalue weighted by atomic mass is 10.0. The van der Waals surface area contributed by atoms with Gasteiger partial charge >= 0.3 is 5.97 Å². The van der Waals surface area contributed by atoms with Crippen molar-refractivity contribution in [1.82, 2.24) is 20.9 Å². The number of rotatable bonds is 14. The maximum Gasteiger partial charge on any atom is 0.326 e. The van der Waals surface area contributed by atoms with E-state index in [2.05, 4.69) is 20.9 Å². The molecule has 41 heavy (non-hydrogen) atoms. The highest BCUT2D eigenvalue weighted by Crippen LogP contribution is 2.19. The number of aromatic nitrogens is 1. The molecule has 3 amide bonds. The van der Waals surface area contributed by atoms with E-state index in [4.69, 9.17) is 5.73 Å². The van der Waals surface area contributed by atoms with Gasteiger partial charge in [-0.2, -0.15) is 0 Å². The average Bonchev–Trinajstić information content (AvgIpc) is 3.34. The minimum atomic E-state index is -1.38. The molecule has 0 bridgehead atoms. The maximum atomic E-state index is 13.5. The molecule has 220 valence electrons. The Morgan fingerprint density at radius 2 is 1.46 bits per heavy atom. The summed E-state index contributed by atoms with van der Waals surface area (Å²) in [6, 6.07) is 8.40. The number of nitrogens with one attached hydrogen (secondary N) is 4. The Balaban J connectivity index is 1.81. The first kappa shape index (κ1) is 31.1. The molecule has 0 fully saturated rings. The zero-order chi connectivity index (χ0) is 30.1. The molecule has 0 saturated heterocycles. The Labute approximate surface area is 237 Å². The van der Waals surface area contributed by atoms with Gasteiger partial charge in [-0.3, -0.25) is 14.4 Å². The van der Waals surface area contributed by atoms with Crippen LogP contribution in [0.15, 0.2) is 54.7 Å². The molecule has 0 aliphatic carbocycles. The Morgan fingerprint density at radius 1 is 0.854 bits per heavy atom. The van der Waals surface area contributed by atoms with E-state index in [-0.39, 0.29) is 24.5 Å². The Morgan fingerprint density at radius 3 is 2.10 bits per heavy atom. The van der Waals surface area contributed by atoms with Crippen LogP contribution >= 0.6 is 0 Å². The van der Waals surface area contributed by atoms with Gasteiger partial charge in [-0.15, -0.1) is 0 Å². The zero-order valence-corrected chi connectivity index (χ0v) is 23.0. The summed E-state index contributed by atoms with van der Waals surface area (Å²) in [7, 11) is 0. The lowest BCUT2D eigenvalue weighted by Crippen LogP contribution is -2.58. The maximum absolute atomic E-state index is 13.5. The lowest BCUT2D eigenvalue weighted by Gasteiger charge is -2.25. The van der Waals surface area contributed by atoms with Gasteiger partial charge in [-0.1, -0.05) is 44.2 Å². The molecule has 0 aliphatic heterocycles. The number of aliphatic hydroxyl groups is 1. The Bertz CT molecular complexity index is 1360. The van der Waals surface area contributed by atoms with E-state index in [9.17, 15) is 34.5 Å². The van der Waals surface area contributed by atoms with Crippen molar-refractivity contribution in [2.24, 2.45) is 11.7 Å². The number of phenols is 1. The van der Waals surface area contributed by atoms with Gasteiger partial charge in [0.25, 0.3) is 0 Å². The highest BCUT2D eigenvalue weighted by molar-refractivity contribution is 5.95. The van der Waals surface area contributed by atoms with Crippen LogP contribution in [-0.2, 0) is 32.0 Å². The molecule has 0 radical (unpaired) electrons. The molecule has 1 heterocycles. The second-order valence-corrected chi connectivity index (χ2v) is 10.4. The number of carboxylic acid groups (broad SMARTS) is 1. The molecular weight excluding hydrogens is 530 g/mol. The first-order valence-electron chi connectivity index (χ1n) is 13.3. The van der Waals surface area contributed by atoms with E-state index in [0.29, 0.717) is 17.5 Å². The molecule has 4 unspecified atom stereocenters. The number of carboxylic acids is 1. The number of phenolic OH excluding ortho intramolecular Hbond substituents is 1. The Hall–Kier alpha value is -4.42. The second kappa shape index (κ2) is 14.3. The number of hydrogen-bond donors (Lipinski definition) is 8. The van der Waals surface area contributed by atoms with Crippen molar-refractivity contribution >= 4 is 34.6 Å². The number of aromatic amines is 1. The van der Waals surface area contributed by atoms with Gasteiger partial charge in [0, 0.05) is 29.9 Å². The van der Waals surface area contributed by atoms with Crippen molar-refractivity contribution in [3.05, 3.63) is 65.9 Å². The van der Waals surface area contributed by atoms with Crippen molar-refractivity contribution in [3.63, 3.8) is 0 Å². The number of amides is 3. The number of carbonyl (C=O) groups is 4. The minimum absolute atomic E-state index is 0.00784. The molecule has 0 spiro atoms. The molecule has 3 rings (SSSR count). The fraction of sp³-hybridized carbons (Fsp3) is 0.379. The molecule has 9 N–H and O–H groups in total. The van der Waals surface area contributed by atoms with Gasteiger partial charge < -0.3 is 42.0 Å². The van der Waals surface area contributed by atoms with Crippen LogP contribution in [0.3, 0.4) is 0 Å². The highest BCUT2D eigenvalue weighted by Gasteiger charge is 2.31. The summed E-state index contributed by atoms with van der Waals surface area (Å²) in [6.45, 7) is 3.04. The number of H-pyrrole nitrogens is 1. The van der Waals surface area contributed by atoms with Gasteiger partial charge in [0.05, 0.1) is 12.6 Å². The molecule has 3 aromatic rings. The molecule has 12 heteroatoms. The topological polar surface area (TPSA) is 207 Å². The normalized spacial score (nSPS) is 14.2. The summed E-state index contributed by atoms with van der Waals surface area (Å²) in [5, 5.41) is 37.4. The van der Waals surface area contributed by atoms with Crippen LogP contribution < -0.4 is 21.7 Å². The quantitative estimate of drug-likeness (QED) is 0.138. The SMILES string of the molecule is CC(C)CC(N)C(=O)NC(CO)C(=O)NC(Cc1c[nH]c2ccccc12)C(=O)NC(Cc1ccc(O)cc1)C(=O)O. The summed E-state index contributed by atoms with van der Waals surface area (Å²) >= 11 is 0. The van der Waals surface area contributed by atoms with E-state index in [1.807, 2.05) is 38.1 Å². The van der Waals surface area contributed by atoms with E-state index < -0.39 is 54.5 Å². The fourth-order valence-electron chi connectivity index (χ4n) is 4.43. The molecule has 0 aliphatic rings. The van der Waals surface area contributed by atoms with Crippen molar-refractivity contribution in [2.75, 3.05) is 6.61 Å². The van der Waals surface area contributed by atoms with Crippen molar-refractivity contribution in [3.8, 4) is 5.75 Å². The number of nitrogens with two attached hydrogens (primary N) is 1. The first-order chi connectivity index (χ1) is 19.5. The first-order valence-corrected chi connectivity index (χ1v) is 13.3. The highest BCUT2D eigenvalue weighted by atomic mass is 16.4. The van der Waals surface area contributed by atoms with Gasteiger partial charge in [-0.25, -0.2) is 4.79 Å². The second-order valence-electron chi connectivity index (χ2n) is 10.4. The number of hydrogen-bond acceptors (Lipinski definition) is 7. The smallest absolute Gasteiger partial charge is 0.326 e. The standard InChI is InChI=1S/C29H37N5O7/c1-16(2)11-21(30)26(37)34-25(15-35)28(39)32-23(13-18-14-31-22-6-4-3-5-20(18)22)27(38)33-24(29(40)41)12-17-7-9-19(36)10-8-17/h3-10,14,16,21,23-25,31,35-36H,11-13,15,30H2,1-2H3,(H,32,39)(H,33,38)(H,34,37)(H,40,41). The van der Waals surface area contributed by atoms with Crippen LogP contribution in [0.4, 0.5) is 0 Å². The number of aromatic hydroxyl groups is 1. The zero-order valence-electron chi connectivity index (χ0n) is 23.0. The average molecular weight is 568 g/mol. The number of para-hydroxylation sites is 1. The number of benzene rings is 2. The summed E-state index contributed by atoms with van der Waals surface area (Å²) in [5.74, 6) is -3.36. The number of aliphatic carboxylic acids is 1. The summed E-state index contributed by atoms with van der Waals surface area (Å²) in [5.41, 5.74) is 7.97. The van der Waals surface area contributed by atoms with Crippen LogP contribution in [0.25, 0.3) is 10.9 Å². The van der Waals surface area contributed by atoms with Gasteiger partial charge in [0.2, 0.25) is 17.7 Å². The summed E-state index contributed by atoms with van der Waals surface area (Å²) in [4.78, 5) is 54.2. The van der Waals surface area contributed by atoms with E-state index in [1.165, 1.54) is 12.1 Å². The molecule has 4 atom stereocenters. The van der Waals surface area contributed by atoms with Crippen LogP contribution in [-0.4, -0.2) is 74.8 Å². The van der Waals surface area contributed by atoms with E-state index >= 15 is 0 Å². The molecule has 0 saturated carbocycles. The van der Waals surface area contributed by atoms with Gasteiger partial charge in [0.15, 0.2) is 0 Å². The van der Waals surface area contributed by atoms with Crippen LogP contribution in [0.2, 0.25) is 0 Å². The van der Waals surface area contributed by atoms with Crippen LogP contribution in [0.5, 0.6) is 5.75 Å². The molecule has 2 aromatic carbocycles. The van der Waals surface area contributed by atoms with E-state index in [0.717, 1.165) is 10.9 Å². The third-order valence-electron chi connectivity index (χ3n) is 6.60. The van der Waals surface area contributed by atoms with Crippen LogP contribution in [0, 0.1) is 5.92 Å². The number of fused-ring (bicyclic) bond motifs is 1. The number of aliphatic hydroxyl groups excluding tert-OH is 1. The summed E-state index contributed by atoms with van der Waals surface area (Å²) < 4.78 is 0. The predicted molar refractivity (Wildman–Crippen MR) is 152 cm³/mol. The molecule has 1 aromatic heterocycles. The third kappa shape index (κ3) is 8.78. The fourth-order valence-corrected chi connectivity index (χ4v) is 4.43. The minimum Gasteiger partial charge on any atom is -0.508 e. The largest absolute Gasteiger partial charge is 0.508 e. The number of carbonyl (C=O) groups excluding carboxylic acids is 3. The lowest BCUT2D eigenvalue weighted by molar-refractivity contribution is -0.142. The predicted octanol–water partition coefficient (Wildman–Crippen LogP) is 0.563. The molecule has 12 nitrogen and oxygen atoms in total. The third-order valence-corrected chi connectivity index (χ3v) is 6.60. The van der Waals surface area contributed by atoms with Gasteiger partial charge in [-0.05, 0) is 41.7 Å². The van der Waals surface area contributed by atoms with Crippen molar-refractivity contribution in [1.29, 1.82) is 0 Å². The monoisotopic (exact) mass is 567 g/mol. The Kier molecular flexibility index (Phi) is 10.8. The summed E-state index contributed by atoms with van der Waals surface area (Å²) in [6.07, 6.45) is 1.98. The van der Waals surface area contributed by atoms with Crippen molar-refractivity contribution in [2.45, 2.75) is 57.3 Å². The van der Waals surface area contributed by atoms with Crippen LogP contribution in [0.1, 0.15) is 31.4 Å². The van der Waals surface area contributed by atoms with Crippen molar-refractivity contribution < 1.29 is 34.5 Å². The van der Waals surface area contributed by atoms with E-state index in [1.54, 1.807) is 18.3 Å². The molecular formula is C29H37N5O7. The van der Waals surface area contributed by atoms with Gasteiger partial charge in [0.1, 0.15) is 23.9 Å².